The molecule has 6 aliphatic rings. The molecule has 7 rings (SSSR count). The van der Waals surface area contributed by atoms with Gasteiger partial charge in [-0.1, -0.05) is 29.8 Å². The van der Waals surface area contributed by atoms with Gasteiger partial charge in [0.15, 0.2) is 0 Å². The zero-order valence-corrected chi connectivity index (χ0v) is 15.0. The molecule has 0 amide bonds. The first kappa shape index (κ1) is 15.1. The number of esters is 1. The maximum Gasteiger partial charge on any atom is 0.310 e. The summed E-state index contributed by atoms with van der Waals surface area (Å²) in [6.07, 6.45) is 3.17. The van der Waals surface area contributed by atoms with Crippen LogP contribution in [-0.2, 0) is 19.7 Å². The topological polar surface area (TPSA) is 51.1 Å². The van der Waals surface area contributed by atoms with Gasteiger partial charge in [-0.15, -0.1) is 0 Å². The van der Waals surface area contributed by atoms with Crippen LogP contribution in [0.1, 0.15) is 18.9 Å². The molecule has 3 unspecified atom stereocenters. The van der Waals surface area contributed by atoms with E-state index in [-0.39, 0.29) is 35.2 Å². The third-order valence-electron chi connectivity index (χ3n) is 7.52. The summed E-state index contributed by atoms with van der Waals surface area (Å²) in [7, 11) is 1.51. The number of aliphatic imine (C=N–C) groups is 1. The molecule has 2 saturated carbocycles. The Labute approximate surface area is 152 Å². The number of nitrogens with zero attached hydrogens (tertiary/aromatic N) is 2. The van der Waals surface area contributed by atoms with E-state index in [1.165, 1.54) is 24.0 Å². The predicted octanol–water partition coefficient (Wildman–Crippen LogP) is 2.44. The number of carbonyl (C=O) groups is 1. The average Bonchev–Trinajstić information content (AvgIpc) is 3.02. The molecule has 1 aromatic rings. The largest absolute Gasteiger partial charge is 0.469 e. The van der Waals surface area contributed by atoms with E-state index in [0.29, 0.717) is 19.4 Å². The minimum Gasteiger partial charge on any atom is -0.469 e. The van der Waals surface area contributed by atoms with Crippen molar-refractivity contribution in [3.8, 4) is 0 Å². The van der Waals surface area contributed by atoms with Crippen LogP contribution in [0.15, 0.2) is 40.9 Å². The van der Waals surface area contributed by atoms with Crippen molar-refractivity contribution in [1.29, 1.82) is 0 Å². The van der Waals surface area contributed by atoms with Crippen LogP contribution in [0.25, 0.3) is 0 Å². The standard InChI is InChI=1S/C21H22N2O3/c1-3-11-12-8-16-19-21(17(12)20(24)25-2,13-6-4-5-7-15(13)22-19)14-9-26-10-23(16)18(11)14/h3-7,12,14,16-18H,8-10H2,1-2H3/b11-3+/t12-,14?,16-,17+,18?,21-/m1/s1. The van der Waals surface area contributed by atoms with Gasteiger partial charge in [0, 0.05) is 17.7 Å². The van der Waals surface area contributed by atoms with Gasteiger partial charge >= 0.3 is 5.97 Å². The number of methoxy groups -OCH3 is 1. The van der Waals surface area contributed by atoms with Gasteiger partial charge in [-0.2, -0.15) is 0 Å². The fourth-order valence-electron chi connectivity index (χ4n) is 6.86. The smallest absolute Gasteiger partial charge is 0.310 e. The molecule has 5 nitrogen and oxygen atoms in total. The van der Waals surface area contributed by atoms with Crippen molar-refractivity contribution in [1.82, 2.24) is 4.90 Å². The van der Waals surface area contributed by atoms with Crippen molar-refractivity contribution in [2.45, 2.75) is 30.8 Å². The molecule has 5 fully saturated rings. The molecular formula is C21H22N2O3. The fourth-order valence-corrected chi connectivity index (χ4v) is 6.86. The van der Waals surface area contributed by atoms with E-state index in [9.17, 15) is 4.79 Å². The zero-order valence-electron chi connectivity index (χ0n) is 15.0. The van der Waals surface area contributed by atoms with Crippen LogP contribution in [0.3, 0.4) is 0 Å². The van der Waals surface area contributed by atoms with E-state index in [1.54, 1.807) is 0 Å². The first-order chi connectivity index (χ1) is 12.7. The lowest BCUT2D eigenvalue weighted by Crippen LogP contribution is -2.79. The summed E-state index contributed by atoms with van der Waals surface area (Å²) in [5.74, 6) is 0.136. The quantitative estimate of drug-likeness (QED) is 0.577. The number of rotatable bonds is 1. The minimum absolute atomic E-state index is 0.102. The highest BCUT2D eigenvalue weighted by Gasteiger charge is 2.74. The highest BCUT2D eigenvalue weighted by atomic mass is 16.5. The molecule has 5 heteroatoms. The molecule has 26 heavy (non-hydrogen) atoms. The predicted molar refractivity (Wildman–Crippen MR) is 96.3 cm³/mol. The van der Waals surface area contributed by atoms with Gasteiger partial charge in [-0.05, 0) is 30.9 Å². The van der Waals surface area contributed by atoms with Crippen molar-refractivity contribution < 1.29 is 14.3 Å². The number of hydrogen-bond donors (Lipinski definition) is 0. The average molecular weight is 350 g/mol. The number of para-hydroxylation sites is 1. The SMILES string of the molecule is C/C=C1/C2C3COCN2[C@@H]2C[C@H]1[C@@H](C(=O)OC)[C@]31C2=Nc2ccccc21. The lowest BCUT2D eigenvalue weighted by atomic mass is 9.42. The van der Waals surface area contributed by atoms with Crippen LogP contribution in [0, 0.1) is 17.8 Å². The minimum atomic E-state index is -0.370. The van der Waals surface area contributed by atoms with Crippen molar-refractivity contribution in [2.24, 2.45) is 22.7 Å². The second-order valence-electron chi connectivity index (χ2n) is 8.10. The molecule has 6 bridgehead atoms. The van der Waals surface area contributed by atoms with Gasteiger partial charge in [-0.25, -0.2) is 0 Å². The normalized spacial score (nSPS) is 45.3. The van der Waals surface area contributed by atoms with Crippen molar-refractivity contribution in [3.05, 3.63) is 41.5 Å². The van der Waals surface area contributed by atoms with Crippen molar-refractivity contribution in [2.75, 3.05) is 20.4 Å². The van der Waals surface area contributed by atoms with Gasteiger partial charge in [-0.3, -0.25) is 14.7 Å². The number of hydrogen-bond acceptors (Lipinski definition) is 5. The second kappa shape index (κ2) is 4.84. The Morgan fingerprint density at radius 2 is 2.27 bits per heavy atom. The van der Waals surface area contributed by atoms with E-state index in [4.69, 9.17) is 14.5 Å². The summed E-state index contributed by atoms with van der Waals surface area (Å²) in [5, 5.41) is 0. The Morgan fingerprint density at radius 3 is 3.08 bits per heavy atom. The van der Waals surface area contributed by atoms with Crippen LogP contribution in [0.4, 0.5) is 5.69 Å². The molecular weight excluding hydrogens is 328 g/mol. The van der Waals surface area contributed by atoms with Crippen molar-refractivity contribution in [3.63, 3.8) is 0 Å². The van der Waals surface area contributed by atoms with Gasteiger partial charge in [0.2, 0.25) is 0 Å². The molecule has 0 aromatic heterocycles. The van der Waals surface area contributed by atoms with Crippen LogP contribution < -0.4 is 0 Å². The van der Waals surface area contributed by atoms with Crippen LogP contribution >= 0.6 is 0 Å². The summed E-state index contributed by atoms with van der Waals surface area (Å²) in [6.45, 7) is 3.43. The highest BCUT2D eigenvalue weighted by Crippen LogP contribution is 2.67. The highest BCUT2D eigenvalue weighted by molar-refractivity contribution is 6.10. The van der Waals surface area contributed by atoms with E-state index < -0.39 is 0 Å². The molecule has 1 aromatic carbocycles. The maximum absolute atomic E-state index is 13.1. The lowest BCUT2D eigenvalue weighted by molar-refractivity contribution is -0.179. The van der Waals surface area contributed by atoms with Gasteiger partial charge in [0.05, 0.1) is 36.8 Å². The number of carbonyl (C=O) groups excluding carboxylic acids is 1. The summed E-state index contributed by atoms with van der Waals surface area (Å²) in [4.78, 5) is 20.7. The molecule has 7 atom stereocenters. The summed E-state index contributed by atoms with van der Waals surface area (Å²) < 4.78 is 11.4. The van der Waals surface area contributed by atoms with Gasteiger partial charge < -0.3 is 9.47 Å². The van der Waals surface area contributed by atoms with E-state index in [0.717, 1.165) is 12.1 Å². The molecule has 0 radical (unpaired) electrons. The van der Waals surface area contributed by atoms with E-state index in [2.05, 4.69) is 36.1 Å². The molecule has 2 aliphatic carbocycles. The Morgan fingerprint density at radius 1 is 1.42 bits per heavy atom. The van der Waals surface area contributed by atoms with Crippen LogP contribution in [0.5, 0.6) is 0 Å². The number of benzene rings is 1. The van der Waals surface area contributed by atoms with Crippen LogP contribution in [0.2, 0.25) is 0 Å². The molecule has 3 saturated heterocycles. The summed E-state index contributed by atoms with van der Waals surface area (Å²) in [5.41, 5.74) is 4.45. The molecule has 4 heterocycles. The van der Waals surface area contributed by atoms with E-state index in [1.807, 2.05) is 6.07 Å². The molecule has 0 N–H and O–H groups in total. The number of ether oxygens (including phenoxy) is 2. The van der Waals surface area contributed by atoms with Gasteiger partial charge in [0.1, 0.15) is 6.73 Å². The van der Waals surface area contributed by atoms with E-state index >= 15 is 0 Å². The monoisotopic (exact) mass is 350 g/mol. The third-order valence-corrected chi connectivity index (χ3v) is 7.52. The summed E-state index contributed by atoms with van der Waals surface area (Å²) >= 11 is 0. The Hall–Kier alpha value is -1.98. The molecule has 134 valence electrons. The summed E-state index contributed by atoms with van der Waals surface area (Å²) in [6, 6.07) is 8.98. The van der Waals surface area contributed by atoms with Gasteiger partial charge in [0.25, 0.3) is 0 Å². The van der Waals surface area contributed by atoms with Crippen LogP contribution in [-0.4, -0.2) is 49.1 Å². The lowest BCUT2D eigenvalue weighted by Gasteiger charge is -2.69. The number of fused-ring (bicyclic) bond motifs is 1. The fraction of sp³-hybridized carbons (Fsp3) is 0.524. The molecule has 4 aliphatic heterocycles. The first-order valence-electron chi connectivity index (χ1n) is 9.49. The first-order valence-corrected chi connectivity index (χ1v) is 9.49. The number of allylic oxidation sites excluding steroid dienone is 1. The zero-order chi connectivity index (χ0) is 17.6. The Bertz CT molecular complexity index is 891. The molecule has 1 spiro atoms. The second-order valence-corrected chi connectivity index (χ2v) is 8.10. The number of piperidine rings is 2. The Kier molecular flexibility index (Phi) is 2.81. The third kappa shape index (κ3) is 1.41. The maximum atomic E-state index is 13.1. The Balaban J connectivity index is 1.69. The van der Waals surface area contributed by atoms with Crippen molar-refractivity contribution >= 4 is 17.4 Å².